The highest BCUT2D eigenvalue weighted by Crippen LogP contribution is 2.63. The van der Waals surface area contributed by atoms with Crippen molar-refractivity contribution in [3.05, 3.63) is 12.2 Å². The van der Waals surface area contributed by atoms with Crippen LogP contribution in [0.3, 0.4) is 0 Å². The molecule has 2 nitrogen and oxygen atoms in total. The van der Waals surface area contributed by atoms with E-state index in [4.69, 9.17) is 4.74 Å². The maximum absolute atomic E-state index is 13.4. The number of fused-ring (bicyclic) bond motifs is 2. The van der Waals surface area contributed by atoms with Crippen LogP contribution in [0.5, 0.6) is 0 Å². The largest absolute Gasteiger partial charge is 0.465 e. The maximum Gasteiger partial charge on any atom is 0.398 e. The third-order valence-corrected chi connectivity index (χ3v) is 4.55. The third kappa shape index (κ3) is 2.86. The van der Waals surface area contributed by atoms with E-state index in [1.807, 2.05) is 0 Å². The lowest BCUT2D eigenvalue weighted by Crippen LogP contribution is -2.46. The number of ether oxygens (including phenoxy) is 1. The summed E-state index contributed by atoms with van der Waals surface area (Å²) in [5.74, 6) is -5.18. The summed E-state index contributed by atoms with van der Waals surface area (Å²) in [5.41, 5.74) is -2.32. The van der Waals surface area contributed by atoms with E-state index in [2.05, 4.69) is 0 Å². The third-order valence-electron chi connectivity index (χ3n) is 4.55. The van der Waals surface area contributed by atoms with Crippen LogP contribution in [0, 0.1) is 29.1 Å². The Morgan fingerprint density at radius 1 is 1.36 bits per heavy atom. The molecule has 0 aliphatic heterocycles. The molecule has 0 aromatic heterocycles. The topological polar surface area (TPSA) is 26.3 Å². The molecule has 4 unspecified atom stereocenters. The Morgan fingerprint density at radius 3 is 2.45 bits per heavy atom. The molecule has 7 heteroatoms. The molecule has 2 aliphatic carbocycles. The highest BCUT2D eigenvalue weighted by molar-refractivity contribution is 5.73. The van der Waals surface area contributed by atoms with E-state index < -0.39 is 41.7 Å². The van der Waals surface area contributed by atoms with Crippen molar-refractivity contribution >= 4 is 5.97 Å². The summed E-state index contributed by atoms with van der Waals surface area (Å²) in [6.45, 7) is 3.37. The Labute approximate surface area is 125 Å². The summed E-state index contributed by atoms with van der Waals surface area (Å²) in [6.07, 6.45) is -5.73. The van der Waals surface area contributed by atoms with Crippen molar-refractivity contribution in [2.75, 3.05) is 6.61 Å². The van der Waals surface area contributed by atoms with Gasteiger partial charge in [0.15, 0.2) is 0 Å². The Hall–Kier alpha value is -1.14. The molecule has 4 atom stereocenters. The van der Waals surface area contributed by atoms with Gasteiger partial charge < -0.3 is 4.74 Å². The van der Waals surface area contributed by atoms with Gasteiger partial charge in [-0.15, -0.1) is 0 Å². The van der Waals surface area contributed by atoms with Gasteiger partial charge in [0.25, 0.3) is 6.43 Å². The van der Waals surface area contributed by atoms with E-state index in [1.165, 1.54) is 6.08 Å². The number of hydrogen-bond acceptors (Lipinski definition) is 2. The number of alkyl halides is 5. The van der Waals surface area contributed by atoms with Crippen LogP contribution in [0.25, 0.3) is 0 Å². The molecule has 0 saturated heterocycles. The molecule has 1 fully saturated rings. The highest BCUT2D eigenvalue weighted by atomic mass is 19.4. The Bertz CT molecular complexity index is 457. The average Bonchev–Trinajstić information content (AvgIpc) is 2.94. The summed E-state index contributed by atoms with van der Waals surface area (Å²) in [4.78, 5) is 11.9. The van der Waals surface area contributed by atoms with Gasteiger partial charge in [0.05, 0.1) is 12.0 Å². The van der Waals surface area contributed by atoms with Gasteiger partial charge in [0.2, 0.25) is 0 Å². The van der Waals surface area contributed by atoms with E-state index in [9.17, 15) is 26.7 Å². The SMILES string of the molecule is CC(C)COC(=O)C(C(F)F)C1CC2C=CC1(C(F)(F)F)C2. The molecule has 2 bridgehead atoms. The Balaban J connectivity index is 2.26. The van der Waals surface area contributed by atoms with Crippen LogP contribution in [0.4, 0.5) is 22.0 Å². The Morgan fingerprint density at radius 2 is 2.00 bits per heavy atom. The van der Waals surface area contributed by atoms with Gasteiger partial charge >= 0.3 is 12.1 Å². The molecular formula is C15H19F5O2. The molecule has 0 aromatic rings. The molecule has 2 aliphatic rings. The van der Waals surface area contributed by atoms with Crippen molar-refractivity contribution in [1.82, 2.24) is 0 Å². The molecule has 0 aromatic carbocycles. The molecule has 0 N–H and O–H groups in total. The first-order valence-electron chi connectivity index (χ1n) is 7.29. The van der Waals surface area contributed by atoms with Crippen molar-refractivity contribution in [2.45, 2.75) is 39.3 Å². The summed E-state index contributed by atoms with van der Waals surface area (Å²) in [5, 5.41) is 0. The van der Waals surface area contributed by atoms with Crippen molar-refractivity contribution < 1.29 is 31.5 Å². The molecule has 22 heavy (non-hydrogen) atoms. The van der Waals surface area contributed by atoms with Gasteiger partial charge in [-0.1, -0.05) is 26.0 Å². The van der Waals surface area contributed by atoms with E-state index >= 15 is 0 Å². The van der Waals surface area contributed by atoms with Gasteiger partial charge in [0.1, 0.15) is 5.92 Å². The second kappa shape index (κ2) is 5.81. The van der Waals surface area contributed by atoms with Crippen molar-refractivity contribution in [1.29, 1.82) is 0 Å². The molecular weight excluding hydrogens is 307 g/mol. The lowest BCUT2D eigenvalue weighted by Gasteiger charge is -2.37. The number of carbonyl (C=O) groups excluding carboxylic acids is 1. The van der Waals surface area contributed by atoms with Crippen LogP contribution in [0.2, 0.25) is 0 Å². The molecule has 126 valence electrons. The van der Waals surface area contributed by atoms with Crippen molar-refractivity contribution in [3.8, 4) is 0 Å². The van der Waals surface area contributed by atoms with Crippen LogP contribution < -0.4 is 0 Å². The van der Waals surface area contributed by atoms with Crippen molar-refractivity contribution in [2.24, 2.45) is 29.1 Å². The van der Waals surface area contributed by atoms with Gasteiger partial charge in [0, 0.05) is 0 Å². The first-order chi connectivity index (χ1) is 10.1. The molecule has 1 saturated carbocycles. The summed E-state index contributed by atoms with van der Waals surface area (Å²) < 4.78 is 71.8. The zero-order chi connectivity index (χ0) is 16.7. The fourth-order valence-electron chi connectivity index (χ4n) is 3.53. The minimum Gasteiger partial charge on any atom is -0.465 e. The average molecular weight is 326 g/mol. The number of hydrogen-bond donors (Lipinski definition) is 0. The summed E-state index contributed by atoms with van der Waals surface area (Å²) in [7, 11) is 0. The number of allylic oxidation sites excluding steroid dienone is 2. The lowest BCUT2D eigenvalue weighted by atomic mass is 9.70. The number of halogens is 5. The van der Waals surface area contributed by atoms with E-state index in [0.29, 0.717) is 0 Å². The molecule has 0 spiro atoms. The smallest absolute Gasteiger partial charge is 0.398 e. The Kier molecular flexibility index (Phi) is 4.55. The second-order valence-electron chi connectivity index (χ2n) is 6.59. The summed E-state index contributed by atoms with van der Waals surface area (Å²) >= 11 is 0. The van der Waals surface area contributed by atoms with Crippen molar-refractivity contribution in [3.63, 3.8) is 0 Å². The number of rotatable bonds is 5. The van der Waals surface area contributed by atoms with Gasteiger partial charge in [-0.2, -0.15) is 13.2 Å². The predicted octanol–water partition coefficient (Wildman–Crippen LogP) is 4.21. The van der Waals surface area contributed by atoms with Gasteiger partial charge in [-0.05, 0) is 30.6 Å². The van der Waals surface area contributed by atoms with Gasteiger partial charge in [-0.3, -0.25) is 4.79 Å². The first-order valence-corrected chi connectivity index (χ1v) is 7.29. The zero-order valence-electron chi connectivity index (χ0n) is 12.4. The second-order valence-corrected chi connectivity index (χ2v) is 6.59. The van der Waals surface area contributed by atoms with Crippen LogP contribution in [0.15, 0.2) is 12.2 Å². The number of esters is 1. The highest BCUT2D eigenvalue weighted by Gasteiger charge is 2.67. The van der Waals surface area contributed by atoms with Crippen LogP contribution in [-0.4, -0.2) is 25.2 Å². The van der Waals surface area contributed by atoms with Crippen LogP contribution in [0.1, 0.15) is 26.7 Å². The first kappa shape index (κ1) is 17.2. The van der Waals surface area contributed by atoms with Gasteiger partial charge in [-0.25, -0.2) is 8.78 Å². The predicted molar refractivity (Wildman–Crippen MR) is 69.1 cm³/mol. The van der Waals surface area contributed by atoms with E-state index in [1.54, 1.807) is 13.8 Å². The maximum atomic E-state index is 13.4. The molecule has 2 rings (SSSR count). The zero-order valence-corrected chi connectivity index (χ0v) is 12.4. The van der Waals surface area contributed by atoms with Crippen LogP contribution >= 0.6 is 0 Å². The molecule has 0 heterocycles. The minimum atomic E-state index is -4.65. The normalized spacial score (nSPS) is 32.0. The lowest BCUT2D eigenvalue weighted by molar-refractivity contribution is -0.227. The summed E-state index contributed by atoms with van der Waals surface area (Å²) in [6, 6.07) is 0. The number of carbonyl (C=O) groups is 1. The van der Waals surface area contributed by atoms with E-state index in [-0.39, 0.29) is 25.4 Å². The monoisotopic (exact) mass is 326 g/mol. The fourth-order valence-corrected chi connectivity index (χ4v) is 3.53. The fraction of sp³-hybridized carbons (Fsp3) is 0.800. The molecule has 0 radical (unpaired) electrons. The quantitative estimate of drug-likeness (QED) is 0.430. The minimum absolute atomic E-state index is 0.0538. The van der Waals surface area contributed by atoms with E-state index in [0.717, 1.165) is 6.08 Å². The standard InChI is InChI=1S/C15H19F5O2/c1-8(2)7-22-13(21)11(12(16)17)10-5-9-3-4-14(10,6-9)15(18,19)20/h3-4,8-12H,5-7H2,1-2H3. The van der Waals surface area contributed by atoms with Crippen LogP contribution in [-0.2, 0) is 9.53 Å². The molecule has 0 amide bonds.